The summed E-state index contributed by atoms with van der Waals surface area (Å²) in [6.07, 6.45) is 8.34. The molecule has 2 rings (SSSR count). The van der Waals surface area contributed by atoms with Crippen LogP contribution in [0.25, 0.3) is 0 Å². The third-order valence-electron chi connectivity index (χ3n) is 5.72. The standard InChI is InChI=1S/C28H44N2O3/c1-29-17-9-13-25-11-7-15-27(23-25)32-21-5-3-18-30(2)19-10-14-26-12-8-16-28(24-26)33-22-6-4-20-31/h7-8,11-12,15-16,23-24,29,31H,3-6,9-10,13-14,17-22H2,1-2H3. The van der Waals surface area contributed by atoms with E-state index in [2.05, 4.69) is 59.7 Å². The van der Waals surface area contributed by atoms with Crippen LogP contribution in [0.4, 0.5) is 0 Å². The highest BCUT2D eigenvalue weighted by atomic mass is 16.5. The predicted molar refractivity (Wildman–Crippen MR) is 137 cm³/mol. The average Bonchev–Trinajstić information content (AvgIpc) is 2.82. The topological polar surface area (TPSA) is 54.0 Å². The lowest BCUT2D eigenvalue weighted by Crippen LogP contribution is -2.21. The number of ether oxygens (including phenoxy) is 2. The molecule has 0 heterocycles. The molecule has 0 aromatic heterocycles. The fraction of sp³-hybridized carbons (Fsp3) is 0.571. The number of nitrogens with one attached hydrogen (secondary N) is 1. The average molecular weight is 457 g/mol. The van der Waals surface area contributed by atoms with E-state index in [0.717, 1.165) is 89.1 Å². The third kappa shape index (κ3) is 12.7. The molecule has 0 aliphatic rings. The van der Waals surface area contributed by atoms with Crippen LogP contribution in [-0.4, -0.2) is 63.6 Å². The van der Waals surface area contributed by atoms with E-state index in [-0.39, 0.29) is 6.61 Å². The van der Waals surface area contributed by atoms with Crippen molar-refractivity contribution in [3.05, 3.63) is 59.7 Å². The molecule has 0 aliphatic carbocycles. The highest BCUT2D eigenvalue weighted by Crippen LogP contribution is 2.16. The van der Waals surface area contributed by atoms with Gasteiger partial charge in [-0.2, -0.15) is 0 Å². The van der Waals surface area contributed by atoms with E-state index >= 15 is 0 Å². The molecule has 2 N–H and O–H groups in total. The van der Waals surface area contributed by atoms with Crippen molar-refractivity contribution in [1.29, 1.82) is 0 Å². The van der Waals surface area contributed by atoms with Crippen LogP contribution < -0.4 is 14.8 Å². The van der Waals surface area contributed by atoms with Crippen molar-refractivity contribution in [2.45, 2.75) is 51.4 Å². The number of unbranched alkanes of at least 4 members (excludes halogenated alkanes) is 2. The second-order valence-electron chi connectivity index (χ2n) is 8.74. The summed E-state index contributed by atoms with van der Waals surface area (Å²) in [5.74, 6) is 1.92. The maximum absolute atomic E-state index is 8.85. The lowest BCUT2D eigenvalue weighted by Gasteiger charge is -2.16. The lowest BCUT2D eigenvalue weighted by atomic mass is 10.1. The lowest BCUT2D eigenvalue weighted by molar-refractivity contribution is 0.253. The zero-order valence-electron chi connectivity index (χ0n) is 20.7. The van der Waals surface area contributed by atoms with Gasteiger partial charge in [-0.1, -0.05) is 24.3 Å². The van der Waals surface area contributed by atoms with Crippen LogP contribution in [0.3, 0.4) is 0 Å². The highest BCUT2D eigenvalue weighted by molar-refractivity contribution is 5.29. The fourth-order valence-corrected chi connectivity index (χ4v) is 3.79. The first-order valence-corrected chi connectivity index (χ1v) is 12.6. The van der Waals surface area contributed by atoms with Crippen molar-refractivity contribution >= 4 is 0 Å². The molecule has 0 saturated carbocycles. The molecule has 0 spiro atoms. The van der Waals surface area contributed by atoms with Gasteiger partial charge in [-0.25, -0.2) is 0 Å². The van der Waals surface area contributed by atoms with Crippen LogP contribution in [0.1, 0.15) is 49.7 Å². The van der Waals surface area contributed by atoms with Crippen molar-refractivity contribution < 1.29 is 14.6 Å². The minimum absolute atomic E-state index is 0.231. The van der Waals surface area contributed by atoms with Crippen molar-refractivity contribution in [3.63, 3.8) is 0 Å². The molecule has 0 saturated heterocycles. The van der Waals surface area contributed by atoms with Crippen LogP contribution in [0, 0.1) is 0 Å². The van der Waals surface area contributed by atoms with Crippen LogP contribution in [0.5, 0.6) is 11.5 Å². The minimum atomic E-state index is 0.231. The third-order valence-corrected chi connectivity index (χ3v) is 5.72. The van der Waals surface area contributed by atoms with Crippen molar-refractivity contribution in [3.8, 4) is 11.5 Å². The number of hydrogen-bond donors (Lipinski definition) is 2. The number of aryl methyl sites for hydroxylation is 2. The normalized spacial score (nSPS) is 11.2. The van der Waals surface area contributed by atoms with Crippen LogP contribution in [0.15, 0.2) is 48.5 Å². The molecule has 0 amide bonds. The molecular formula is C28H44N2O3. The number of aliphatic hydroxyl groups excluding tert-OH is 1. The number of rotatable bonds is 19. The summed E-state index contributed by atoms with van der Waals surface area (Å²) in [4.78, 5) is 2.41. The van der Waals surface area contributed by atoms with E-state index in [0.29, 0.717) is 6.61 Å². The Morgan fingerprint density at radius 1 is 0.758 bits per heavy atom. The van der Waals surface area contributed by atoms with Gasteiger partial charge in [-0.05, 0) is 120 Å². The molecule has 0 unspecified atom stereocenters. The molecule has 0 aliphatic heterocycles. The Hall–Kier alpha value is -2.08. The van der Waals surface area contributed by atoms with E-state index in [1.807, 2.05) is 13.1 Å². The maximum atomic E-state index is 8.85. The molecule has 33 heavy (non-hydrogen) atoms. The molecule has 5 heteroatoms. The molecule has 0 atom stereocenters. The van der Waals surface area contributed by atoms with E-state index < -0.39 is 0 Å². The summed E-state index contributed by atoms with van der Waals surface area (Å²) in [5.41, 5.74) is 2.67. The van der Waals surface area contributed by atoms with E-state index in [1.54, 1.807) is 0 Å². The van der Waals surface area contributed by atoms with Gasteiger partial charge in [0.15, 0.2) is 0 Å². The summed E-state index contributed by atoms with van der Waals surface area (Å²) in [5, 5.41) is 12.0. The largest absolute Gasteiger partial charge is 0.494 e. The Kier molecular flexibility index (Phi) is 14.3. The van der Waals surface area contributed by atoms with Crippen molar-refractivity contribution in [2.24, 2.45) is 0 Å². The van der Waals surface area contributed by atoms with Gasteiger partial charge in [0.2, 0.25) is 0 Å². The van der Waals surface area contributed by atoms with Gasteiger partial charge in [0.1, 0.15) is 11.5 Å². The Labute approximate surface area is 201 Å². The van der Waals surface area contributed by atoms with E-state index in [9.17, 15) is 0 Å². The molecular weight excluding hydrogens is 412 g/mol. The minimum Gasteiger partial charge on any atom is -0.494 e. The summed E-state index contributed by atoms with van der Waals surface area (Å²) < 4.78 is 11.7. The second kappa shape index (κ2) is 17.4. The molecule has 2 aromatic rings. The monoisotopic (exact) mass is 456 g/mol. The predicted octanol–water partition coefficient (Wildman–Crippen LogP) is 4.71. The first-order valence-electron chi connectivity index (χ1n) is 12.6. The smallest absolute Gasteiger partial charge is 0.119 e. The van der Waals surface area contributed by atoms with Gasteiger partial charge in [0.05, 0.1) is 13.2 Å². The number of aliphatic hydroxyl groups is 1. The Morgan fingerprint density at radius 2 is 1.33 bits per heavy atom. The first-order chi connectivity index (χ1) is 16.2. The molecule has 0 radical (unpaired) electrons. The number of hydrogen-bond acceptors (Lipinski definition) is 5. The van der Waals surface area contributed by atoms with E-state index in [1.165, 1.54) is 11.1 Å². The summed E-state index contributed by atoms with van der Waals surface area (Å²) in [6, 6.07) is 16.9. The zero-order chi connectivity index (χ0) is 23.6. The van der Waals surface area contributed by atoms with Crippen LogP contribution >= 0.6 is 0 Å². The maximum Gasteiger partial charge on any atom is 0.119 e. The van der Waals surface area contributed by atoms with Gasteiger partial charge in [0.25, 0.3) is 0 Å². The number of nitrogens with zero attached hydrogens (tertiary/aromatic N) is 1. The van der Waals surface area contributed by atoms with Crippen molar-refractivity contribution in [2.75, 3.05) is 53.6 Å². The Balaban J connectivity index is 1.54. The van der Waals surface area contributed by atoms with Gasteiger partial charge >= 0.3 is 0 Å². The molecule has 184 valence electrons. The summed E-state index contributed by atoms with van der Waals surface area (Å²) in [6.45, 7) is 4.91. The molecule has 5 nitrogen and oxygen atoms in total. The molecule has 0 bridgehead atoms. The summed E-state index contributed by atoms with van der Waals surface area (Å²) in [7, 11) is 4.20. The first kappa shape index (κ1) is 27.2. The molecule has 2 aromatic carbocycles. The second-order valence-corrected chi connectivity index (χ2v) is 8.74. The van der Waals surface area contributed by atoms with Gasteiger partial charge in [-0.15, -0.1) is 0 Å². The quantitative estimate of drug-likeness (QED) is 0.300. The van der Waals surface area contributed by atoms with Gasteiger partial charge < -0.3 is 24.8 Å². The fourth-order valence-electron chi connectivity index (χ4n) is 3.79. The van der Waals surface area contributed by atoms with Gasteiger partial charge in [0, 0.05) is 6.61 Å². The SMILES string of the molecule is CNCCCc1cccc(OCCCCN(C)CCCc2cccc(OCCCCO)c2)c1. The molecule has 0 fully saturated rings. The Bertz CT molecular complexity index is 753. The van der Waals surface area contributed by atoms with Crippen LogP contribution in [0.2, 0.25) is 0 Å². The highest BCUT2D eigenvalue weighted by Gasteiger charge is 2.02. The van der Waals surface area contributed by atoms with Crippen LogP contribution in [-0.2, 0) is 12.8 Å². The van der Waals surface area contributed by atoms with Crippen molar-refractivity contribution in [1.82, 2.24) is 10.2 Å². The number of benzene rings is 2. The zero-order valence-corrected chi connectivity index (χ0v) is 20.7. The van der Waals surface area contributed by atoms with Gasteiger partial charge in [-0.3, -0.25) is 0 Å². The Morgan fingerprint density at radius 3 is 1.94 bits per heavy atom. The van der Waals surface area contributed by atoms with E-state index in [4.69, 9.17) is 14.6 Å². The summed E-state index contributed by atoms with van der Waals surface area (Å²) >= 11 is 0.